The van der Waals surface area contributed by atoms with Gasteiger partial charge in [-0.1, -0.05) is 66.7 Å². The minimum Gasteiger partial charge on any atom is -0.493 e. The molecule has 3 aromatic rings. The van der Waals surface area contributed by atoms with Gasteiger partial charge in [0.25, 0.3) is 0 Å². The van der Waals surface area contributed by atoms with Gasteiger partial charge in [-0.2, -0.15) is 0 Å². The highest BCUT2D eigenvalue weighted by molar-refractivity contribution is 5.96. The van der Waals surface area contributed by atoms with Crippen molar-refractivity contribution in [3.8, 4) is 5.75 Å². The third-order valence-corrected chi connectivity index (χ3v) is 7.69. The van der Waals surface area contributed by atoms with E-state index >= 15 is 0 Å². The van der Waals surface area contributed by atoms with Crippen molar-refractivity contribution < 1.29 is 9.53 Å². The maximum Gasteiger partial charge on any atom is 0.227 e. The standard InChI is InChI=1S/C32H38N2O2/c35-32-17-15-29-14-16-30(25-31(29)34(32)21-7-11-26-9-3-1-4-10-26)36-24-8-20-33-22-18-28(19-23-33)27-12-5-2-6-13-27/h1-6,9-10,12-14,16,25,28H,7-8,11,15,17-24H2. The number of ether oxygens (including phenoxy) is 1. The summed E-state index contributed by atoms with van der Waals surface area (Å²) in [7, 11) is 0. The molecule has 0 N–H and O–H groups in total. The van der Waals surface area contributed by atoms with Crippen LogP contribution in [0.4, 0.5) is 5.69 Å². The Labute approximate surface area is 215 Å². The van der Waals surface area contributed by atoms with Crippen LogP contribution in [0.25, 0.3) is 0 Å². The number of rotatable bonds is 10. The van der Waals surface area contributed by atoms with E-state index in [0.29, 0.717) is 18.9 Å². The fraction of sp³-hybridized carbons (Fsp3) is 0.406. The molecule has 0 bridgehead atoms. The van der Waals surface area contributed by atoms with E-state index in [1.54, 1.807) is 0 Å². The Balaban J connectivity index is 1.08. The average Bonchev–Trinajstić information content (AvgIpc) is 2.94. The molecule has 5 rings (SSSR count). The number of piperidine rings is 1. The molecule has 0 unspecified atom stereocenters. The molecular formula is C32H38N2O2. The summed E-state index contributed by atoms with van der Waals surface area (Å²) in [6.07, 6.45) is 6.86. The van der Waals surface area contributed by atoms with Crippen molar-refractivity contribution >= 4 is 11.6 Å². The van der Waals surface area contributed by atoms with Gasteiger partial charge < -0.3 is 14.5 Å². The van der Waals surface area contributed by atoms with E-state index in [2.05, 4.69) is 77.7 Å². The third-order valence-electron chi connectivity index (χ3n) is 7.69. The van der Waals surface area contributed by atoms with Crippen molar-refractivity contribution in [1.29, 1.82) is 0 Å². The van der Waals surface area contributed by atoms with Crippen LogP contribution in [0.2, 0.25) is 0 Å². The molecule has 1 amide bonds. The number of benzene rings is 3. The zero-order valence-electron chi connectivity index (χ0n) is 21.3. The number of aryl methyl sites for hydroxylation is 2. The molecule has 188 valence electrons. The number of hydrogen-bond donors (Lipinski definition) is 0. The van der Waals surface area contributed by atoms with Crippen molar-refractivity contribution in [3.63, 3.8) is 0 Å². The minimum atomic E-state index is 0.228. The predicted molar refractivity (Wildman–Crippen MR) is 147 cm³/mol. The molecule has 4 nitrogen and oxygen atoms in total. The molecule has 0 spiro atoms. The van der Waals surface area contributed by atoms with E-state index in [1.807, 2.05) is 11.0 Å². The lowest BCUT2D eigenvalue weighted by Gasteiger charge is -2.32. The molecule has 0 aromatic heterocycles. The summed E-state index contributed by atoms with van der Waals surface area (Å²) in [5.41, 5.74) is 5.10. The van der Waals surface area contributed by atoms with Gasteiger partial charge >= 0.3 is 0 Å². The smallest absolute Gasteiger partial charge is 0.227 e. The summed E-state index contributed by atoms with van der Waals surface area (Å²) < 4.78 is 6.15. The van der Waals surface area contributed by atoms with Crippen LogP contribution < -0.4 is 9.64 Å². The van der Waals surface area contributed by atoms with E-state index in [9.17, 15) is 4.79 Å². The molecule has 2 heterocycles. The maximum atomic E-state index is 12.7. The largest absolute Gasteiger partial charge is 0.493 e. The fourth-order valence-electron chi connectivity index (χ4n) is 5.63. The number of amides is 1. The van der Waals surface area contributed by atoms with Crippen LogP contribution in [-0.4, -0.2) is 43.6 Å². The lowest BCUT2D eigenvalue weighted by molar-refractivity contribution is -0.118. The van der Waals surface area contributed by atoms with Crippen molar-refractivity contribution in [2.75, 3.05) is 37.7 Å². The fourth-order valence-corrected chi connectivity index (χ4v) is 5.63. The molecule has 4 heteroatoms. The molecule has 2 aliphatic heterocycles. The number of hydrogen-bond acceptors (Lipinski definition) is 3. The van der Waals surface area contributed by atoms with E-state index in [0.717, 1.165) is 50.2 Å². The number of likely N-dealkylation sites (tertiary alicyclic amines) is 1. The quantitative estimate of drug-likeness (QED) is 0.320. The Morgan fingerprint density at radius 3 is 2.33 bits per heavy atom. The molecule has 1 fully saturated rings. The highest BCUT2D eigenvalue weighted by Crippen LogP contribution is 2.32. The summed E-state index contributed by atoms with van der Waals surface area (Å²) in [4.78, 5) is 17.3. The van der Waals surface area contributed by atoms with Crippen LogP contribution >= 0.6 is 0 Å². The molecule has 1 saturated heterocycles. The number of carbonyl (C=O) groups excluding carboxylic acids is 1. The molecule has 3 aromatic carbocycles. The third kappa shape index (κ3) is 6.36. The highest BCUT2D eigenvalue weighted by Gasteiger charge is 2.24. The second-order valence-electron chi connectivity index (χ2n) is 10.2. The second kappa shape index (κ2) is 12.2. The molecule has 0 aliphatic carbocycles. The lowest BCUT2D eigenvalue weighted by atomic mass is 9.89. The first kappa shape index (κ1) is 24.6. The van der Waals surface area contributed by atoms with Gasteiger partial charge in [-0.05, 0) is 80.3 Å². The van der Waals surface area contributed by atoms with Crippen molar-refractivity contribution in [1.82, 2.24) is 4.90 Å². The van der Waals surface area contributed by atoms with Gasteiger partial charge in [0.15, 0.2) is 0 Å². The van der Waals surface area contributed by atoms with Crippen LogP contribution in [0.5, 0.6) is 5.75 Å². The Morgan fingerprint density at radius 2 is 1.56 bits per heavy atom. The zero-order valence-corrected chi connectivity index (χ0v) is 21.3. The van der Waals surface area contributed by atoms with Gasteiger partial charge in [-0.3, -0.25) is 4.79 Å². The minimum absolute atomic E-state index is 0.228. The molecule has 0 atom stereocenters. The first-order valence-electron chi connectivity index (χ1n) is 13.6. The Hall–Kier alpha value is -3.11. The molecule has 0 radical (unpaired) electrons. The summed E-state index contributed by atoms with van der Waals surface area (Å²) in [6, 6.07) is 27.8. The number of carbonyl (C=O) groups is 1. The molecular weight excluding hydrogens is 444 g/mol. The molecule has 0 saturated carbocycles. The lowest BCUT2D eigenvalue weighted by Crippen LogP contribution is -2.36. The van der Waals surface area contributed by atoms with Gasteiger partial charge in [-0.15, -0.1) is 0 Å². The van der Waals surface area contributed by atoms with Gasteiger partial charge in [-0.25, -0.2) is 0 Å². The SMILES string of the molecule is O=C1CCc2ccc(OCCCN3CCC(c4ccccc4)CC3)cc2N1CCCc1ccccc1. The highest BCUT2D eigenvalue weighted by atomic mass is 16.5. The normalized spacial score (nSPS) is 16.7. The van der Waals surface area contributed by atoms with E-state index in [4.69, 9.17) is 4.74 Å². The second-order valence-corrected chi connectivity index (χ2v) is 10.2. The van der Waals surface area contributed by atoms with E-state index in [-0.39, 0.29) is 5.91 Å². The Morgan fingerprint density at radius 1 is 0.806 bits per heavy atom. The monoisotopic (exact) mass is 482 g/mol. The number of anilines is 1. The number of nitrogens with zero attached hydrogens (tertiary/aromatic N) is 2. The van der Waals surface area contributed by atoms with Crippen LogP contribution in [0.15, 0.2) is 78.9 Å². The summed E-state index contributed by atoms with van der Waals surface area (Å²) >= 11 is 0. The van der Waals surface area contributed by atoms with Gasteiger partial charge in [0.05, 0.1) is 12.3 Å². The Kier molecular flexibility index (Phi) is 8.35. The predicted octanol–water partition coefficient (Wildman–Crippen LogP) is 6.25. The van der Waals surface area contributed by atoms with Gasteiger partial charge in [0.1, 0.15) is 5.75 Å². The summed E-state index contributed by atoms with van der Waals surface area (Å²) in [5, 5.41) is 0. The van der Waals surface area contributed by atoms with Crippen molar-refractivity contribution in [2.24, 2.45) is 0 Å². The first-order valence-corrected chi connectivity index (χ1v) is 13.6. The van der Waals surface area contributed by atoms with E-state index in [1.165, 1.54) is 42.6 Å². The van der Waals surface area contributed by atoms with Gasteiger partial charge in [0, 0.05) is 25.6 Å². The average molecular weight is 483 g/mol. The van der Waals surface area contributed by atoms with Crippen molar-refractivity contribution in [3.05, 3.63) is 95.6 Å². The summed E-state index contributed by atoms with van der Waals surface area (Å²) in [5.74, 6) is 1.80. The number of fused-ring (bicyclic) bond motifs is 1. The zero-order chi connectivity index (χ0) is 24.6. The summed E-state index contributed by atoms with van der Waals surface area (Å²) in [6.45, 7) is 4.87. The van der Waals surface area contributed by atoms with Crippen LogP contribution in [0, 0.1) is 0 Å². The first-order chi connectivity index (χ1) is 17.8. The van der Waals surface area contributed by atoms with Crippen LogP contribution in [0.1, 0.15) is 54.7 Å². The maximum absolute atomic E-state index is 12.7. The van der Waals surface area contributed by atoms with Gasteiger partial charge in [0.2, 0.25) is 5.91 Å². The molecule has 36 heavy (non-hydrogen) atoms. The van der Waals surface area contributed by atoms with E-state index < -0.39 is 0 Å². The van der Waals surface area contributed by atoms with Crippen LogP contribution in [-0.2, 0) is 17.6 Å². The molecule has 2 aliphatic rings. The Bertz CT molecular complexity index is 1110. The topological polar surface area (TPSA) is 32.8 Å². The van der Waals surface area contributed by atoms with Crippen molar-refractivity contribution in [2.45, 2.75) is 50.9 Å². The van der Waals surface area contributed by atoms with Crippen LogP contribution in [0.3, 0.4) is 0 Å².